The van der Waals surface area contributed by atoms with Crippen molar-refractivity contribution in [1.82, 2.24) is 29.5 Å². The van der Waals surface area contributed by atoms with Crippen LogP contribution >= 0.6 is 0 Å². The summed E-state index contributed by atoms with van der Waals surface area (Å²) >= 11 is 0. The summed E-state index contributed by atoms with van der Waals surface area (Å²) in [5, 5.41) is 4.31. The Hall–Kier alpha value is -4.29. The SMILES string of the molecule is Nc1nc(N2CCC[C@H]2C(=O)N2CCN(c3ccc(F)cc3F)CC2)nc2nc(-c3ccco3)nn12. The van der Waals surface area contributed by atoms with Gasteiger partial charge in [-0.3, -0.25) is 4.79 Å². The van der Waals surface area contributed by atoms with Gasteiger partial charge in [-0.25, -0.2) is 8.78 Å². The zero-order valence-corrected chi connectivity index (χ0v) is 19.2. The molecule has 2 aliphatic rings. The fourth-order valence-corrected chi connectivity index (χ4v) is 4.81. The molecule has 2 aliphatic heterocycles. The zero-order chi connectivity index (χ0) is 24.8. The van der Waals surface area contributed by atoms with E-state index in [0.29, 0.717) is 62.4 Å². The molecule has 0 aliphatic carbocycles. The molecule has 1 amide bonds. The number of carbonyl (C=O) groups excluding carboxylic acids is 1. The number of carbonyl (C=O) groups is 1. The number of nitrogens with zero attached hydrogens (tertiary/aromatic N) is 8. The van der Waals surface area contributed by atoms with E-state index < -0.39 is 17.7 Å². The van der Waals surface area contributed by atoms with Crippen molar-refractivity contribution in [3.63, 3.8) is 0 Å². The van der Waals surface area contributed by atoms with Gasteiger partial charge in [0.15, 0.2) is 5.76 Å². The quantitative estimate of drug-likeness (QED) is 0.453. The van der Waals surface area contributed by atoms with Gasteiger partial charge in [0.2, 0.25) is 23.6 Å². The number of nitrogens with two attached hydrogens (primary N) is 1. The number of hydrogen-bond donors (Lipinski definition) is 1. The van der Waals surface area contributed by atoms with Gasteiger partial charge in [0.05, 0.1) is 12.0 Å². The van der Waals surface area contributed by atoms with E-state index in [1.165, 1.54) is 22.9 Å². The van der Waals surface area contributed by atoms with Crippen LogP contribution in [-0.4, -0.2) is 74.1 Å². The van der Waals surface area contributed by atoms with Gasteiger partial charge in [-0.15, -0.1) is 5.10 Å². The van der Waals surface area contributed by atoms with Gasteiger partial charge < -0.3 is 24.9 Å². The number of benzene rings is 1. The first kappa shape index (κ1) is 22.2. The Labute approximate surface area is 204 Å². The minimum Gasteiger partial charge on any atom is -0.461 e. The molecule has 186 valence electrons. The van der Waals surface area contributed by atoms with Crippen LogP contribution in [0.4, 0.5) is 26.4 Å². The predicted molar refractivity (Wildman–Crippen MR) is 126 cm³/mol. The minimum atomic E-state index is -0.615. The second-order valence-corrected chi connectivity index (χ2v) is 8.77. The molecule has 1 atom stereocenters. The van der Waals surface area contributed by atoms with Crippen LogP contribution in [0.1, 0.15) is 12.8 Å². The summed E-state index contributed by atoms with van der Waals surface area (Å²) in [6.07, 6.45) is 2.98. The van der Waals surface area contributed by atoms with E-state index in [4.69, 9.17) is 10.2 Å². The number of piperazine rings is 1. The number of anilines is 3. The highest BCUT2D eigenvalue weighted by Gasteiger charge is 2.37. The smallest absolute Gasteiger partial charge is 0.259 e. The lowest BCUT2D eigenvalue weighted by molar-refractivity contribution is -0.132. The van der Waals surface area contributed by atoms with Crippen LogP contribution < -0.4 is 15.5 Å². The number of halogens is 2. The highest BCUT2D eigenvalue weighted by molar-refractivity contribution is 5.85. The monoisotopic (exact) mass is 495 g/mol. The fourth-order valence-electron chi connectivity index (χ4n) is 4.81. The van der Waals surface area contributed by atoms with Crippen LogP contribution in [0.2, 0.25) is 0 Å². The van der Waals surface area contributed by atoms with Crippen LogP contribution in [0.3, 0.4) is 0 Å². The molecule has 0 unspecified atom stereocenters. The fraction of sp³-hybridized carbons (Fsp3) is 0.348. The Bertz CT molecular complexity index is 1420. The molecule has 0 bridgehead atoms. The minimum absolute atomic E-state index is 0.0356. The number of aromatic nitrogens is 5. The highest BCUT2D eigenvalue weighted by Crippen LogP contribution is 2.27. The molecule has 6 rings (SSSR count). The van der Waals surface area contributed by atoms with Crippen molar-refractivity contribution in [3.05, 3.63) is 48.2 Å². The number of furan rings is 1. The molecule has 13 heteroatoms. The summed E-state index contributed by atoms with van der Waals surface area (Å²) < 4.78 is 34.1. The molecule has 0 saturated carbocycles. The maximum atomic E-state index is 14.2. The number of fused-ring (bicyclic) bond motifs is 1. The molecule has 0 radical (unpaired) electrons. The molecule has 5 heterocycles. The Morgan fingerprint density at radius 3 is 2.64 bits per heavy atom. The molecule has 1 aromatic carbocycles. The van der Waals surface area contributed by atoms with E-state index in [9.17, 15) is 13.6 Å². The summed E-state index contributed by atoms with van der Waals surface area (Å²) in [5.41, 5.74) is 6.48. The first-order valence-corrected chi connectivity index (χ1v) is 11.7. The second-order valence-electron chi connectivity index (χ2n) is 8.77. The number of rotatable bonds is 4. The molecule has 3 aromatic heterocycles. The van der Waals surface area contributed by atoms with E-state index in [1.807, 2.05) is 9.80 Å². The van der Waals surface area contributed by atoms with Crippen molar-refractivity contribution in [1.29, 1.82) is 0 Å². The van der Waals surface area contributed by atoms with Gasteiger partial charge in [0, 0.05) is 38.8 Å². The van der Waals surface area contributed by atoms with Crippen molar-refractivity contribution in [2.45, 2.75) is 18.9 Å². The second kappa shape index (κ2) is 8.73. The molecule has 36 heavy (non-hydrogen) atoms. The van der Waals surface area contributed by atoms with E-state index in [2.05, 4.69) is 20.1 Å². The lowest BCUT2D eigenvalue weighted by Crippen LogP contribution is -2.54. The standard InChI is InChI=1S/C23H23F2N9O2/c24-14-5-6-16(15(25)13-14)31-8-10-32(11-9-31)20(35)17-3-1-7-33(17)22-28-21(26)34-23(29-22)27-19(30-34)18-4-2-12-36-18/h2,4-6,12-13,17H,1,3,7-11H2,(H2,26,27,28,29,30)/t17-/m0/s1. The van der Waals surface area contributed by atoms with Crippen LogP contribution in [-0.2, 0) is 4.79 Å². The maximum Gasteiger partial charge on any atom is 0.259 e. The molecular weight excluding hydrogens is 472 g/mol. The van der Waals surface area contributed by atoms with Crippen molar-refractivity contribution in [2.75, 3.05) is 48.3 Å². The Balaban J connectivity index is 1.19. The molecule has 11 nitrogen and oxygen atoms in total. The third-order valence-corrected chi connectivity index (χ3v) is 6.60. The Morgan fingerprint density at radius 1 is 1.06 bits per heavy atom. The lowest BCUT2D eigenvalue weighted by atomic mass is 10.1. The first-order valence-electron chi connectivity index (χ1n) is 11.7. The van der Waals surface area contributed by atoms with Crippen molar-refractivity contribution in [3.8, 4) is 11.6 Å². The average Bonchev–Trinajstić information content (AvgIpc) is 3.64. The van der Waals surface area contributed by atoms with Gasteiger partial charge >= 0.3 is 0 Å². The van der Waals surface area contributed by atoms with Gasteiger partial charge in [-0.05, 0) is 37.1 Å². The van der Waals surface area contributed by atoms with E-state index in [-0.39, 0.29) is 17.6 Å². The topological polar surface area (TPSA) is 122 Å². The van der Waals surface area contributed by atoms with Crippen molar-refractivity contribution in [2.24, 2.45) is 0 Å². The Kier molecular flexibility index (Phi) is 5.38. The van der Waals surface area contributed by atoms with Crippen LogP contribution in [0.25, 0.3) is 17.4 Å². The largest absolute Gasteiger partial charge is 0.461 e. The van der Waals surface area contributed by atoms with Crippen LogP contribution in [0.15, 0.2) is 41.0 Å². The maximum absolute atomic E-state index is 14.2. The van der Waals surface area contributed by atoms with Gasteiger partial charge in [-0.1, -0.05) is 0 Å². The van der Waals surface area contributed by atoms with Gasteiger partial charge in [-0.2, -0.15) is 19.5 Å². The number of amides is 1. The molecule has 0 spiro atoms. The summed E-state index contributed by atoms with van der Waals surface area (Å²) in [6.45, 7) is 2.36. The summed E-state index contributed by atoms with van der Waals surface area (Å²) in [6, 6.07) is 6.57. The van der Waals surface area contributed by atoms with Crippen molar-refractivity contribution < 1.29 is 18.0 Å². The molecule has 2 N–H and O–H groups in total. The van der Waals surface area contributed by atoms with E-state index in [0.717, 1.165) is 12.5 Å². The number of nitrogen functional groups attached to an aromatic ring is 1. The molecular formula is C23H23F2N9O2. The van der Waals surface area contributed by atoms with E-state index >= 15 is 0 Å². The third kappa shape index (κ3) is 3.85. The highest BCUT2D eigenvalue weighted by atomic mass is 19.1. The normalized spacial score (nSPS) is 18.4. The first-order chi connectivity index (χ1) is 17.5. The van der Waals surface area contributed by atoms with E-state index in [1.54, 1.807) is 17.0 Å². The third-order valence-electron chi connectivity index (χ3n) is 6.60. The van der Waals surface area contributed by atoms with Gasteiger partial charge in [0.1, 0.15) is 17.7 Å². The van der Waals surface area contributed by atoms with Gasteiger partial charge in [0.25, 0.3) is 5.78 Å². The predicted octanol–water partition coefficient (Wildman–Crippen LogP) is 1.96. The Morgan fingerprint density at radius 2 is 1.89 bits per heavy atom. The average molecular weight is 495 g/mol. The van der Waals surface area contributed by atoms with Crippen LogP contribution in [0, 0.1) is 11.6 Å². The zero-order valence-electron chi connectivity index (χ0n) is 19.2. The molecule has 2 saturated heterocycles. The molecule has 4 aromatic rings. The van der Waals surface area contributed by atoms with Crippen molar-refractivity contribution >= 4 is 29.3 Å². The van der Waals surface area contributed by atoms with Crippen LogP contribution in [0.5, 0.6) is 0 Å². The summed E-state index contributed by atoms with van der Waals surface area (Å²) in [4.78, 5) is 32.2. The molecule has 2 fully saturated rings. The summed E-state index contributed by atoms with van der Waals surface area (Å²) in [7, 11) is 0. The lowest BCUT2D eigenvalue weighted by Gasteiger charge is -2.38. The summed E-state index contributed by atoms with van der Waals surface area (Å²) in [5.74, 6) is 0.248. The number of hydrogen-bond acceptors (Lipinski definition) is 9.